The molecule has 2 N–H and O–H groups in total. The summed E-state index contributed by atoms with van der Waals surface area (Å²) in [5, 5.41) is 6.92. The summed E-state index contributed by atoms with van der Waals surface area (Å²) in [5.41, 5.74) is 1.19. The monoisotopic (exact) mass is 514 g/mol. The van der Waals surface area contributed by atoms with E-state index in [1.165, 1.54) is 7.05 Å². The van der Waals surface area contributed by atoms with Crippen molar-refractivity contribution in [3.63, 3.8) is 0 Å². The first-order chi connectivity index (χ1) is 17.3. The van der Waals surface area contributed by atoms with Crippen LogP contribution >= 0.6 is 11.6 Å². The third-order valence-corrected chi connectivity index (χ3v) is 6.30. The van der Waals surface area contributed by atoms with E-state index in [0.717, 1.165) is 29.6 Å². The maximum atomic E-state index is 13.0. The molecule has 0 saturated carbocycles. The van der Waals surface area contributed by atoms with E-state index in [2.05, 4.69) is 32.4 Å². The summed E-state index contributed by atoms with van der Waals surface area (Å²) in [5.74, 6) is 0.856. The number of pyridine rings is 1. The van der Waals surface area contributed by atoms with E-state index < -0.39 is 0 Å². The lowest BCUT2D eigenvalue weighted by Crippen LogP contribution is -2.43. The number of morpholine rings is 1. The normalized spacial score (nSPS) is 15.8. The number of halogens is 1. The highest BCUT2D eigenvalue weighted by Crippen LogP contribution is 2.29. The molecule has 0 aliphatic carbocycles. The largest absolute Gasteiger partial charge is 0.478 e. The molecule has 1 saturated heterocycles. The van der Waals surface area contributed by atoms with Crippen molar-refractivity contribution in [2.24, 2.45) is 0 Å². The van der Waals surface area contributed by atoms with Crippen molar-refractivity contribution in [3.05, 3.63) is 45.8 Å². The number of likely N-dealkylation sites (N-methyl/N-ethyl adjacent to an activating group) is 1. The van der Waals surface area contributed by atoms with Gasteiger partial charge in [0, 0.05) is 37.3 Å². The zero-order valence-electron chi connectivity index (χ0n) is 20.9. The number of carbonyl (C=O) groups is 1. The van der Waals surface area contributed by atoms with Crippen molar-refractivity contribution in [1.82, 2.24) is 19.9 Å². The van der Waals surface area contributed by atoms with E-state index >= 15 is 0 Å². The minimum Gasteiger partial charge on any atom is -0.478 e. The van der Waals surface area contributed by atoms with Gasteiger partial charge in [-0.15, -0.1) is 0 Å². The predicted octanol–water partition coefficient (Wildman–Crippen LogP) is 3.51. The topological polar surface area (TPSA) is 111 Å². The van der Waals surface area contributed by atoms with E-state index in [1.807, 2.05) is 32.0 Å². The number of amides is 1. The second-order valence-electron chi connectivity index (χ2n) is 8.85. The van der Waals surface area contributed by atoms with Crippen molar-refractivity contribution >= 4 is 45.9 Å². The average Bonchev–Trinajstić information content (AvgIpc) is 2.88. The number of rotatable bonds is 8. The van der Waals surface area contributed by atoms with Crippen LogP contribution in [-0.4, -0.2) is 59.9 Å². The summed E-state index contributed by atoms with van der Waals surface area (Å²) in [4.78, 5) is 35.9. The molecule has 0 bridgehead atoms. The van der Waals surface area contributed by atoms with Crippen molar-refractivity contribution in [2.45, 2.75) is 39.3 Å². The molecule has 1 aromatic carbocycles. The number of hydrogen-bond acceptors (Lipinski definition) is 8. The Morgan fingerprint density at radius 1 is 1.33 bits per heavy atom. The molecule has 36 heavy (non-hydrogen) atoms. The van der Waals surface area contributed by atoms with Gasteiger partial charge in [-0.3, -0.25) is 9.59 Å². The van der Waals surface area contributed by atoms with Crippen LogP contribution in [0.15, 0.2) is 35.3 Å². The quantitative estimate of drug-likeness (QED) is 0.470. The number of anilines is 3. The molecule has 10 nitrogen and oxygen atoms in total. The molecular weight excluding hydrogens is 484 g/mol. The number of ether oxygens (including phenoxy) is 2. The summed E-state index contributed by atoms with van der Waals surface area (Å²) in [7, 11) is 1.52. The molecule has 3 aromatic rings. The number of benzene rings is 1. The summed E-state index contributed by atoms with van der Waals surface area (Å²) < 4.78 is 12.9. The third-order valence-electron chi connectivity index (χ3n) is 6.03. The van der Waals surface area contributed by atoms with Crippen LogP contribution in [0.2, 0.25) is 5.02 Å². The fraction of sp³-hybridized carbons (Fsp3) is 0.440. The lowest BCUT2D eigenvalue weighted by atomic mass is 10.1. The number of aromatic nitrogens is 3. The smallest absolute Gasteiger partial charge is 0.293 e. The number of fused-ring (bicyclic) bond motifs is 1. The molecule has 1 amide bonds. The first kappa shape index (κ1) is 25.7. The van der Waals surface area contributed by atoms with Gasteiger partial charge in [-0.25, -0.2) is 4.98 Å². The minimum absolute atomic E-state index is 0.108. The highest BCUT2D eigenvalue weighted by atomic mass is 35.5. The zero-order valence-corrected chi connectivity index (χ0v) is 21.6. The molecular formula is C25H31ClN6O4. The molecule has 1 aliphatic heterocycles. The van der Waals surface area contributed by atoms with E-state index in [0.29, 0.717) is 29.9 Å². The second-order valence-corrected chi connectivity index (χ2v) is 9.26. The number of nitrogens with one attached hydrogen (secondary N) is 2. The van der Waals surface area contributed by atoms with Crippen LogP contribution in [0.1, 0.15) is 33.2 Å². The molecule has 2 aromatic heterocycles. The van der Waals surface area contributed by atoms with Crippen LogP contribution in [0.4, 0.5) is 17.5 Å². The van der Waals surface area contributed by atoms with Crippen LogP contribution in [0.5, 0.6) is 5.75 Å². The Labute approximate surface area is 214 Å². The molecule has 0 radical (unpaired) electrons. The molecule has 0 spiro atoms. The maximum absolute atomic E-state index is 13.0. The Morgan fingerprint density at radius 3 is 2.86 bits per heavy atom. The lowest BCUT2D eigenvalue weighted by Gasteiger charge is -2.32. The average molecular weight is 515 g/mol. The fourth-order valence-electron chi connectivity index (χ4n) is 4.11. The van der Waals surface area contributed by atoms with Crippen LogP contribution in [0.3, 0.4) is 0 Å². The van der Waals surface area contributed by atoms with Gasteiger partial charge in [-0.1, -0.05) is 18.5 Å². The van der Waals surface area contributed by atoms with E-state index in [1.54, 1.807) is 16.8 Å². The molecule has 11 heteroatoms. The lowest BCUT2D eigenvalue weighted by molar-refractivity contribution is -0.122. The summed E-state index contributed by atoms with van der Waals surface area (Å²) in [6.45, 7) is 7.75. The molecule has 1 fully saturated rings. The number of nitrogens with zero attached hydrogens (tertiary/aromatic N) is 4. The Morgan fingerprint density at radius 2 is 2.14 bits per heavy atom. The van der Waals surface area contributed by atoms with Gasteiger partial charge in [-0.2, -0.15) is 4.98 Å². The van der Waals surface area contributed by atoms with Gasteiger partial charge in [0.15, 0.2) is 18.2 Å². The molecule has 1 aliphatic rings. The highest BCUT2D eigenvalue weighted by molar-refractivity contribution is 6.32. The molecule has 1 atom stereocenters. The van der Waals surface area contributed by atoms with Crippen LogP contribution in [-0.2, 0) is 9.53 Å². The van der Waals surface area contributed by atoms with Crippen LogP contribution < -0.4 is 25.8 Å². The first-order valence-corrected chi connectivity index (χ1v) is 12.4. The molecule has 3 heterocycles. The van der Waals surface area contributed by atoms with Gasteiger partial charge in [0.05, 0.1) is 24.4 Å². The molecule has 0 unspecified atom stereocenters. The highest BCUT2D eigenvalue weighted by Gasteiger charge is 2.22. The van der Waals surface area contributed by atoms with Gasteiger partial charge in [-0.05, 0) is 44.5 Å². The van der Waals surface area contributed by atoms with Gasteiger partial charge < -0.3 is 29.6 Å². The van der Waals surface area contributed by atoms with Crippen molar-refractivity contribution in [2.75, 3.05) is 43.6 Å². The van der Waals surface area contributed by atoms with Crippen molar-refractivity contribution < 1.29 is 14.3 Å². The predicted molar refractivity (Wildman–Crippen MR) is 141 cm³/mol. The van der Waals surface area contributed by atoms with E-state index in [-0.39, 0.29) is 36.0 Å². The van der Waals surface area contributed by atoms with E-state index in [9.17, 15) is 9.59 Å². The maximum Gasteiger partial charge on any atom is 0.293 e. The summed E-state index contributed by atoms with van der Waals surface area (Å²) in [6, 6.07) is 7.16. The standard InChI is InChI=1S/C25H31ClN6O4/c1-5-18-13-31(8-9-35-18)25-28-12-19(26)23(30-25)29-17-6-7-20-16(10-17)11-21(36-14-22(33)27-4)24(34)32(20)15(2)3/h6-7,10-12,15,18H,5,8-9,13-14H2,1-4H3,(H,27,33)(H,28,29,30)/t18-/m0/s1. The fourth-order valence-corrected chi connectivity index (χ4v) is 4.25. The van der Waals surface area contributed by atoms with Gasteiger partial charge in [0.1, 0.15) is 5.02 Å². The zero-order chi connectivity index (χ0) is 25.8. The van der Waals surface area contributed by atoms with Gasteiger partial charge >= 0.3 is 0 Å². The Hall–Kier alpha value is -3.37. The van der Waals surface area contributed by atoms with Crippen molar-refractivity contribution in [1.29, 1.82) is 0 Å². The minimum atomic E-state index is -0.319. The Kier molecular flexibility index (Phi) is 7.95. The Bertz CT molecular complexity index is 1310. The van der Waals surface area contributed by atoms with E-state index in [4.69, 9.17) is 21.1 Å². The van der Waals surface area contributed by atoms with Crippen molar-refractivity contribution in [3.8, 4) is 5.75 Å². The SMILES string of the molecule is CC[C@H]1CN(c2ncc(Cl)c(Nc3ccc4c(c3)cc(OCC(=O)NC)c(=O)n4C(C)C)n2)CCO1. The molecule has 4 rings (SSSR count). The third kappa shape index (κ3) is 5.55. The summed E-state index contributed by atoms with van der Waals surface area (Å²) in [6.07, 6.45) is 2.65. The second kappa shape index (κ2) is 11.1. The number of carbonyl (C=O) groups excluding carboxylic acids is 1. The first-order valence-electron chi connectivity index (χ1n) is 12.0. The Balaban J connectivity index is 1.66. The van der Waals surface area contributed by atoms with Crippen LogP contribution in [0, 0.1) is 0 Å². The van der Waals surface area contributed by atoms with Crippen LogP contribution in [0.25, 0.3) is 10.9 Å². The molecule has 192 valence electrons. The van der Waals surface area contributed by atoms with Gasteiger partial charge in [0.25, 0.3) is 11.5 Å². The summed E-state index contributed by atoms with van der Waals surface area (Å²) >= 11 is 6.42. The number of hydrogen-bond donors (Lipinski definition) is 2. The van der Waals surface area contributed by atoms with Gasteiger partial charge in [0.2, 0.25) is 5.95 Å².